The topological polar surface area (TPSA) is 36.3 Å². The lowest BCUT2D eigenvalue weighted by Gasteiger charge is -2.25. The fourth-order valence-corrected chi connectivity index (χ4v) is 3.34. The van der Waals surface area contributed by atoms with Gasteiger partial charge in [0.2, 0.25) is 0 Å². The molecule has 1 saturated heterocycles. The lowest BCUT2D eigenvalue weighted by atomic mass is 10.1. The second kappa shape index (κ2) is 6.28. The minimum absolute atomic E-state index is 0.246. The molecule has 3 rings (SSSR count). The third-order valence-corrected chi connectivity index (χ3v) is 4.50. The van der Waals surface area contributed by atoms with E-state index >= 15 is 0 Å². The number of hydrogen-bond acceptors (Lipinski definition) is 3. The van der Waals surface area contributed by atoms with Crippen molar-refractivity contribution in [2.24, 2.45) is 0 Å². The van der Waals surface area contributed by atoms with Crippen LogP contribution >= 0.6 is 0 Å². The summed E-state index contributed by atoms with van der Waals surface area (Å²) in [6.45, 7) is 2.85. The summed E-state index contributed by atoms with van der Waals surface area (Å²) in [4.78, 5) is 2.40. The molecule has 0 saturated carbocycles. The van der Waals surface area contributed by atoms with E-state index in [-0.39, 0.29) is 6.04 Å². The standard InChI is InChI=1S/C17H22N2O/c18-9-8-16(19-10-1-2-11-19)13-20-17-7-6-14-4-3-5-15(14)12-17/h6-7,12,16H,1-5,8,10-11,13H2. The van der Waals surface area contributed by atoms with E-state index in [4.69, 9.17) is 10.00 Å². The van der Waals surface area contributed by atoms with Crippen LogP contribution in [0, 0.1) is 11.3 Å². The smallest absolute Gasteiger partial charge is 0.119 e. The summed E-state index contributed by atoms with van der Waals surface area (Å²) < 4.78 is 5.97. The number of aryl methyl sites for hydroxylation is 2. The molecule has 106 valence electrons. The summed E-state index contributed by atoms with van der Waals surface area (Å²) in [5, 5.41) is 8.99. The zero-order valence-electron chi connectivity index (χ0n) is 12.0. The van der Waals surface area contributed by atoms with E-state index in [0.717, 1.165) is 18.8 Å². The molecule has 0 amide bonds. The van der Waals surface area contributed by atoms with Crippen molar-refractivity contribution in [2.45, 2.75) is 44.6 Å². The highest BCUT2D eigenvalue weighted by atomic mass is 16.5. The first-order chi connectivity index (χ1) is 9.86. The first-order valence-corrected chi connectivity index (χ1v) is 7.72. The number of rotatable bonds is 5. The molecule has 1 unspecified atom stereocenters. The Balaban J connectivity index is 1.60. The van der Waals surface area contributed by atoms with Gasteiger partial charge < -0.3 is 4.74 Å². The monoisotopic (exact) mass is 270 g/mol. The van der Waals surface area contributed by atoms with Crippen LogP contribution in [-0.2, 0) is 12.8 Å². The highest BCUT2D eigenvalue weighted by Gasteiger charge is 2.22. The maximum Gasteiger partial charge on any atom is 0.119 e. The third-order valence-electron chi connectivity index (χ3n) is 4.50. The molecule has 3 heteroatoms. The Hall–Kier alpha value is -1.53. The van der Waals surface area contributed by atoms with E-state index in [2.05, 4.69) is 29.2 Å². The zero-order valence-corrected chi connectivity index (χ0v) is 12.0. The fraction of sp³-hybridized carbons (Fsp3) is 0.588. The van der Waals surface area contributed by atoms with Crippen LogP contribution in [-0.4, -0.2) is 30.6 Å². The minimum Gasteiger partial charge on any atom is -0.492 e. The number of likely N-dealkylation sites (tertiary alicyclic amines) is 1. The average molecular weight is 270 g/mol. The van der Waals surface area contributed by atoms with Gasteiger partial charge in [0.05, 0.1) is 18.5 Å². The number of fused-ring (bicyclic) bond motifs is 1. The largest absolute Gasteiger partial charge is 0.492 e. The van der Waals surface area contributed by atoms with Crippen molar-refractivity contribution in [2.75, 3.05) is 19.7 Å². The molecule has 0 spiro atoms. The van der Waals surface area contributed by atoms with Crippen molar-refractivity contribution in [3.8, 4) is 11.8 Å². The second-order valence-corrected chi connectivity index (χ2v) is 5.85. The molecule has 1 aliphatic heterocycles. The number of nitriles is 1. The van der Waals surface area contributed by atoms with Crippen LogP contribution in [0.4, 0.5) is 0 Å². The van der Waals surface area contributed by atoms with Crippen LogP contribution in [0.1, 0.15) is 36.8 Å². The van der Waals surface area contributed by atoms with Crippen LogP contribution in [0.5, 0.6) is 5.75 Å². The van der Waals surface area contributed by atoms with Crippen molar-refractivity contribution >= 4 is 0 Å². The molecule has 2 aliphatic rings. The highest BCUT2D eigenvalue weighted by Crippen LogP contribution is 2.26. The summed E-state index contributed by atoms with van der Waals surface area (Å²) in [5.74, 6) is 0.966. The number of ether oxygens (including phenoxy) is 1. The molecule has 1 fully saturated rings. The van der Waals surface area contributed by atoms with Crippen molar-refractivity contribution in [1.29, 1.82) is 5.26 Å². The van der Waals surface area contributed by atoms with Gasteiger partial charge in [-0.05, 0) is 68.5 Å². The third kappa shape index (κ3) is 2.96. The summed E-state index contributed by atoms with van der Waals surface area (Å²) in [7, 11) is 0. The maximum atomic E-state index is 8.99. The van der Waals surface area contributed by atoms with Gasteiger partial charge in [-0.3, -0.25) is 4.90 Å². The Morgan fingerprint density at radius 2 is 1.95 bits per heavy atom. The lowest BCUT2D eigenvalue weighted by molar-refractivity contribution is 0.162. The molecular formula is C17H22N2O. The minimum atomic E-state index is 0.246. The molecule has 0 radical (unpaired) electrons. The van der Waals surface area contributed by atoms with Crippen molar-refractivity contribution in [1.82, 2.24) is 4.90 Å². The normalized spacial score (nSPS) is 19.6. The molecule has 20 heavy (non-hydrogen) atoms. The summed E-state index contributed by atoms with van der Waals surface area (Å²) in [6.07, 6.45) is 6.72. The lowest BCUT2D eigenvalue weighted by Crippen LogP contribution is -2.37. The van der Waals surface area contributed by atoms with Gasteiger partial charge in [-0.1, -0.05) is 6.07 Å². The Bertz CT molecular complexity index is 500. The van der Waals surface area contributed by atoms with Crippen LogP contribution in [0.15, 0.2) is 18.2 Å². The molecule has 1 atom stereocenters. The van der Waals surface area contributed by atoms with Gasteiger partial charge in [-0.2, -0.15) is 5.26 Å². The molecule has 1 aliphatic carbocycles. The molecule has 0 aromatic heterocycles. The van der Waals surface area contributed by atoms with Gasteiger partial charge in [-0.15, -0.1) is 0 Å². The van der Waals surface area contributed by atoms with Crippen molar-refractivity contribution < 1.29 is 4.74 Å². The van der Waals surface area contributed by atoms with E-state index in [0.29, 0.717) is 13.0 Å². The van der Waals surface area contributed by atoms with Gasteiger partial charge >= 0.3 is 0 Å². The van der Waals surface area contributed by atoms with E-state index in [1.54, 1.807) is 0 Å². The van der Waals surface area contributed by atoms with E-state index in [1.165, 1.54) is 43.2 Å². The molecule has 1 heterocycles. The maximum absolute atomic E-state index is 8.99. The Morgan fingerprint density at radius 1 is 1.15 bits per heavy atom. The fourth-order valence-electron chi connectivity index (χ4n) is 3.34. The Labute approximate surface area is 121 Å². The quantitative estimate of drug-likeness (QED) is 0.825. The second-order valence-electron chi connectivity index (χ2n) is 5.85. The van der Waals surface area contributed by atoms with Gasteiger partial charge in [0.1, 0.15) is 12.4 Å². The number of benzene rings is 1. The van der Waals surface area contributed by atoms with Crippen LogP contribution in [0.25, 0.3) is 0 Å². The first-order valence-electron chi connectivity index (χ1n) is 7.72. The highest BCUT2D eigenvalue weighted by molar-refractivity contribution is 5.38. The molecule has 0 bridgehead atoms. The molecule has 0 N–H and O–H groups in total. The molecule has 1 aromatic rings. The number of nitrogens with zero attached hydrogens (tertiary/aromatic N) is 2. The predicted octanol–water partition coefficient (Wildman–Crippen LogP) is 2.93. The molecule has 1 aromatic carbocycles. The van der Waals surface area contributed by atoms with Gasteiger partial charge in [0.25, 0.3) is 0 Å². The van der Waals surface area contributed by atoms with E-state index in [1.807, 2.05) is 0 Å². The molecule has 3 nitrogen and oxygen atoms in total. The van der Waals surface area contributed by atoms with Crippen molar-refractivity contribution in [3.63, 3.8) is 0 Å². The first kappa shape index (κ1) is 13.5. The van der Waals surface area contributed by atoms with Gasteiger partial charge in [0, 0.05) is 0 Å². The predicted molar refractivity (Wildman–Crippen MR) is 78.8 cm³/mol. The van der Waals surface area contributed by atoms with E-state index < -0.39 is 0 Å². The summed E-state index contributed by atoms with van der Waals surface area (Å²) in [6, 6.07) is 9.02. The zero-order chi connectivity index (χ0) is 13.8. The van der Waals surface area contributed by atoms with Gasteiger partial charge in [-0.25, -0.2) is 0 Å². The Kier molecular flexibility index (Phi) is 4.22. The average Bonchev–Trinajstić information content (AvgIpc) is 3.13. The van der Waals surface area contributed by atoms with Gasteiger partial charge in [0.15, 0.2) is 0 Å². The van der Waals surface area contributed by atoms with Crippen LogP contribution in [0.2, 0.25) is 0 Å². The Morgan fingerprint density at radius 3 is 2.75 bits per heavy atom. The van der Waals surface area contributed by atoms with Crippen LogP contribution in [0.3, 0.4) is 0 Å². The SMILES string of the molecule is N#CCC(COc1ccc2c(c1)CCC2)N1CCCC1. The van der Waals surface area contributed by atoms with E-state index in [9.17, 15) is 0 Å². The molecular weight excluding hydrogens is 248 g/mol. The van der Waals surface area contributed by atoms with Crippen LogP contribution < -0.4 is 4.74 Å². The number of hydrogen-bond donors (Lipinski definition) is 0. The summed E-state index contributed by atoms with van der Waals surface area (Å²) >= 11 is 0. The summed E-state index contributed by atoms with van der Waals surface area (Å²) in [5.41, 5.74) is 2.92. The van der Waals surface area contributed by atoms with Crippen molar-refractivity contribution in [3.05, 3.63) is 29.3 Å².